The smallest absolute Gasteiger partial charge is 0.163 e. The number of hydrogen-bond acceptors (Lipinski definition) is 6. The van der Waals surface area contributed by atoms with E-state index in [4.69, 9.17) is 10.9 Å². The van der Waals surface area contributed by atoms with Gasteiger partial charge in [-0.25, -0.2) is 15.8 Å². The van der Waals surface area contributed by atoms with Gasteiger partial charge in [-0.2, -0.15) is 0 Å². The fraction of sp³-hybridized carbons (Fsp3) is 0.286. The van der Waals surface area contributed by atoms with E-state index in [-0.39, 0.29) is 6.61 Å². The van der Waals surface area contributed by atoms with Gasteiger partial charge in [0.25, 0.3) is 0 Å². The van der Waals surface area contributed by atoms with Crippen LogP contribution in [0.15, 0.2) is 36.4 Å². The Labute approximate surface area is 118 Å². The number of hydrazine groups is 1. The molecule has 106 valence electrons. The van der Waals surface area contributed by atoms with Crippen LogP contribution in [-0.4, -0.2) is 28.2 Å². The van der Waals surface area contributed by atoms with E-state index in [0.29, 0.717) is 17.5 Å². The first-order chi connectivity index (χ1) is 9.83. The molecule has 6 heteroatoms. The molecule has 0 spiro atoms. The molecule has 2 aromatic rings. The van der Waals surface area contributed by atoms with E-state index in [9.17, 15) is 0 Å². The Bertz CT molecular complexity index is 532. The minimum atomic E-state index is 0.205. The van der Waals surface area contributed by atoms with Gasteiger partial charge in [-0.3, -0.25) is 0 Å². The molecule has 1 aromatic carbocycles. The van der Waals surface area contributed by atoms with Gasteiger partial charge in [0.05, 0.1) is 0 Å². The van der Waals surface area contributed by atoms with Crippen LogP contribution in [0.1, 0.15) is 12.8 Å². The van der Waals surface area contributed by atoms with E-state index in [1.807, 2.05) is 30.3 Å². The van der Waals surface area contributed by atoms with Gasteiger partial charge in [0.2, 0.25) is 0 Å². The van der Waals surface area contributed by atoms with Crippen molar-refractivity contribution >= 4 is 11.6 Å². The van der Waals surface area contributed by atoms with Gasteiger partial charge in [-0.1, -0.05) is 30.3 Å². The van der Waals surface area contributed by atoms with Gasteiger partial charge < -0.3 is 15.8 Å². The molecule has 1 aromatic heterocycles. The highest BCUT2D eigenvalue weighted by Crippen LogP contribution is 2.19. The number of aliphatic hydroxyl groups excluding tert-OH is 1. The van der Waals surface area contributed by atoms with E-state index in [0.717, 1.165) is 24.9 Å². The Morgan fingerprint density at radius 3 is 2.50 bits per heavy atom. The van der Waals surface area contributed by atoms with Crippen molar-refractivity contribution in [3.05, 3.63) is 36.4 Å². The van der Waals surface area contributed by atoms with Crippen molar-refractivity contribution in [2.24, 2.45) is 5.84 Å². The van der Waals surface area contributed by atoms with Crippen LogP contribution < -0.4 is 16.6 Å². The average molecular weight is 273 g/mol. The molecule has 5 N–H and O–H groups in total. The minimum Gasteiger partial charge on any atom is -0.396 e. The molecular weight excluding hydrogens is 254 g/mol. The molecule has 0 atom stereocenters. The number of nitrogens with two attached hydrogens (primary N) is 1. The lowest BCUT2D eigenvalue weighted by atomic mass is 10.2. The number of rotatable bonds is 7. The number of benzene rings is 1. The number of aromatic nitrogens is 2. The van der Waals surface area contributed by atoms with Crippen LogP contribution in [-0.2, 0) is 0 Å². The van der Waals surface area contributed by atoms with Gasteiger partial charge in [0.15, 0.2) is 5.82 Å². The van der Waals surface area contributed by atoms with Crippen molar-refractivity contribution in [1.82, 2.24) is 9.97 Å². The van der Waals surface area contributed by atoms with Crippen LogP contribution in [0.25, 0.3) is 11.4 Å². The van der Waals surface area contributed by atoms with Gasteiger partial charge in [-0.15, -0.1) is 0 Å². The van der Waals surface area contributed by atoms with Crippen molar-refractivity contribution < 1.29 is 5.11 Å². The molecule has 0 aliphatic rings. The summed E-state index contributed by atoms with van der Waals surface area (Å²) in [4.78, 5) is 8.81. The third-order valence-electron chi connectivity index (χ3n) is 2.80. The fourth-order valence-electron chi connectivity index (χ4n) is 1.78. The molecule has 0 saturated carbocycles. The van der Waals surface area contributed by atoms with Crippen molar-refractivity contribution in [2.45, 2.75) is 12.8 Å². The zero-order chi connectivity index (χ0) is 14.2. The number of nitrogens with one attached hydrogen (secondary N) is 2. The first kappa shape index (κ1) is 14.2. The second-order valence-corrected chi connectivity index (χ2v) is 4.33. The number of nitrogen functional groups attached to an aromatic ring is 1. The van der Waals surface area contributed by atoms with Gasteiger partial charge >= 0.3 is 0 Å². The maximum atomic E-state index is 8.76. The monoisotopic (exact) mass is 273 g/mol. The van der Waals surface area contributed by atoms with Crippen LogP contribution >= 0.6 is 0 Å². The maximum Gasteiger partial charge on any atom is 0.163 e. The second-order valence-electron chi connectivity index (χ2n) is 4.33. The summed E-state index contributed by atoms with van der Waals surface area (Å²) < 4.78 is 0. The van der Waals surface area contributed by atoms with Crippen LogP contribution in [0.3, 0.4) is 0 Å². The van der Waals surface area contributed by atoms with Crippen LogP contribution in [0.4, 0.5) is 11.6 Å². The van der Waals surface area contributed by atoms with Crippen molar-refractivity contribution in [3.63, 3.8) is 0 Å². The quantitative estimate of drug-likeness (QED) is 0.348. The zero-order valence-electron chi connectivity index (χ0n) is 11.2. The van der Waals surface area contributed by atoms with Crippen LogP contribution in [0.5, 0.6) is 0 Å². The average Bonchev–Trinajstić information content (AvgIpc) is 2.52. The number of nitrogens with zero attached hydrogens (tertiary/aromatic N) is 2. The molecule has 20 heavy (non-hydrogen) atoms. The van der Waals surface area contributed by atoms with Gasteiger partial charge in [-0.05, 0) is 12.8 Å². The molecule has 2 rings (SSSR count). The Morgan fingerprint density at radius 2 is 1.80 bits per heavy atom. The Morgan fingerprint density at radius 1 is 1.05 bits per heavy atom. The van der Waals surface area contributed by atoms with Crippen LogP contribution in [0, 0.1) is 0 Å². The number of unbranched alkanes of at least 4 members (excludes halogenated alkanes) is 1. The largest absolute Gasteiger partial charge is 0.396 e. The summed E-state index contributed by atoms with van der Waals surface area (Å²) in [5, 5.41) is 12.0. The summed E-state index contributed by atoms with van der Waals surface area (Å²) in [7, 11) is 0. The highest BCUT2D eigenvalue weighted by Gasteiger charge is 2.05. The lowest BCUT2D eigenvalue weighted by molar-refractivity contribution is 0.286. The molecule has 1 heterocycles. The van der Waals surface area contributed by atoms with E-state index < -0.39 is 0 Å². The van der Waals surface area contributed by atoms with Gasteiger partial charge in [0.1, 0.15) is 11.6 Å². The highest BCUT2D eigenvalue weighted by molar-refractivity contribution is 5.60. The molecule has 0 amide bonds. The van der Waals surface area contributed by atoms with Gasteiger partial charge in [0, 0.05) is 24.8 Å². The van der Waals surface area contributed by atoms with Crippen molar-refractivity contribution in [2.75, 3.05) is 23.9 Å². The van der Waals surface area contributed by atoms with Crippen molar-refractivity contribution in [1.29, 1.82) is 0 Å². The minimum absolute atomic E-state index is 0.205. The Hall–Kier alpha value is -2.18. The normalized spacial score (nSPS) is 10.3. The Balaban J connectivity index is 2.16. The molecule has 0 fully saturated rings. The maximum absolute atomic E-state index is 8.76. The summed E-state index contributed by atoms with van der Waals surface area (Å²) in [6.07, 6.45) is 1.65. The third-order valence-corrected chi connectivity index (χ3v) is 2.80. The predicted molar refractivity (Wildman–Crippen MR) is 80.1 cm³/mol. The fourth-order valence-corrected chi connectivity index (χ4v) is 1.78. The standard InChI is InChI=1S/C14H19N5O/c15-19-13-10-12(16-8-4-5-9-20)17-14(18-13)11-6-2-1-3-7-11/h1-3,6-7,10,20H,4-5,8-9,15H2,(H2,16,17,18,19). The molecular formula is C14H19N5O. The summed E-state index contributed by atoms with van der Waals surface area (Å²) in [5.74, 6) is 7.33. The molecule has 0 unspecified atom stereocenters. The van der Waals surface area contributed by atoms with E-state index >= 15 is 0 Å². The van der Waals surface area contributed by atoms with Crippen molar-refractivity contribution in [3.8, 4) is 11.4 Å². The Kier molecular flexibility index (Phi) is 5.28. The van der Waals surface area contributed by atoms with Crippen LogP contribution in [0.2, 0.25) is 0 Å². The second kappa shape index (κ2) is 7.42. The summed E-state index contributed by atoms with van der Waals surface area (Å²) in [5.41, 5.74) is 3.48. The third kappa shape index (κ3) is 3.91. The molecule has 6 nitrogen and oxygen atoms in total. The first-order valence-electron chi connectivity index (χ1n) is 6.59. The van der Waals surface area contributed by atoms with E-state index in [1.165, 1.54) is 0 Å². The van der Waals surface area contributed by atoms with E-state index in [2.05, 4.69) is 20.7 Å². The molecule has 0 bridgehead atoms. The molecule has 0 aliphatic carbocycles. The summed E-state index contributed by atoms with van der Waals surface area (Å²) >= 11 is 0. The number of anilines is 2. The highest BCUT2D eigenvalue weighted by atomic mass is 16.2. The SMILES string of the molecule is NNc1cc(NCCCCO)nc(-c2ccccc2)n1. The summed E-state index contributed by atoms with van der Waals surface area (Å²) in [6.45, 7) is 0.951. The lowest BCUT2D eigenvalue weighted by Crippen LogP contribution is -2.11. The topological polar surface area (TPSA) is 96.1 Å². The molecule has 0 saturated heterocycles. The molecule has 0 radical (unpaired) electrons. The zero-order valence-corrected chi connectivity index (χ0v) is 11.2. The first-order valence-corrected chi connectivity index (χ1v) is 6.59. The number of aliphatic hydroxyl groups is 1. The molecule has 0 aliphatic heterocycles. The lowest BCUT2D eigenvalue weighted by Gasteiger charge is -2.09. The summed E-state index contributed by atoms with van der Waals surface area (Å²) in [6, 6.07) is 11.5. The predicted octanol–water partition coefficient (Wildman–Crippen LogP) is 1.61. The van der Waals surface area contributed by atoms with E-state index in [1.54, 1.807) is 6.07 Å². The number of hydrogen-bond donors (Lipinski definition) is 4.